The third kappa shape index (κ3) is 2.06. The second-order valence-electron chi connectivity index (χ2n) is 3.17. The molecule has 0 saturated carbocycles. The summed E-state index contributed by atoms with van der Waals surface area (Å²) in [4.78, 5) is 13.0. The maximum absolute atomic E-state index is 11.6. The van der Waals surface area contributed by atoms with Crippen LogP contribution in [0.25, 0.3) is 0 Å². The molecule has 0 bridgehead atoms. The van der Waals surface area contributed by atoms with Crippen LogP contribution in [0.1, 0.15) is 16.3 Å². The molecule has 2 aromatic heterocycles. The molecule has 7 nitrogen and oxygen atoms in total. The number of Topliss-reactive ketones (excluding diaryl/α,β-unsaturated/α-hetero) is 1. The minimum absolute atomic E-state index is 0.108. The first-order valence-electron chi connectivity index (χ1n) is 4.41. The summed E-state index contributed by atoms with van der Waals surface area (Å²) < 4.78 is 1.58. The van der Waals surface area contributed by atoms with E-state index in [4.69, 9.17) is 0 Å². The Morgan fingerprint density at radius 3 is 2.73 bits per heavy atom. The summed E-state index contributed by atoms with van der Waals surface area (Å²) in [6.45, 7) is 0. The summed E-state index contributed by atoms with van der Waals surface area (Å²) in [7, 11) is 3.42. The Kier molecular flexibility index (Phi) is 2.28. The molecule has 15 heavy (non-hydrogen) atoms. The van der Waals surface area contributed by atoms with Crippen LogP contribution in [0, 0.1) is 0 Å². The van der Waals surface area contributed by atoms with Crippen LogP contribution in [0.15, 0.2) is 12.3 Å². The Labute approximate surface area is 85.7 Å². The van der Waals surface area contributed by atoms with Gasteiger partial charge in [0.05, 0.1) is 13.5 Å². The molecule has 0 spiro atoms. The van der Waals surface area contributed by atoms with Crippen LogP contribution in [0.3, 0.4) is 0 Å². The van der Waals surface area contributed by atoms with Gasteiger partial charge in [-0.1, -0.05) is 0 Å². The van der Waals surface area contributed by atoms with Crippen molar-refractivity contribution in [1.29, 1.82) is 0 Å². The molecule has 0 N–H and O–H groups in total. The highest BCUT2D eigenvalue weighted by Gasteiger charge is 2.12. The van der Waals surface area contributed by atoms with Gasteiger partial charge in [0, 0.05) is 13.2 Å². The highest BCUT2D eigenvalue weighted by Crippen LogP contribution is 2.00. The topological polar surface area (TPSA) is 78.5 Å². The summed E-state index contributed by atoms with van der Waals surface area (Å²) in [6, 6.07) is 1.67. The van der Waals surface area contributed by atoms with Crippen LogP contribution in [-0.2, 0) is 20.5 Å². The second-order valence-corrected chi connectivity index (χ2v) is 3.17. The van der Waals surface area contributed by atoms with Crippen LogP contribution >= 0.6 is 0 Å². The summed E-state index contributed by atoms with van der Waals surface area (Å²) in [5.41, 5.74) is 0.421. The Morgan fingerprint density at radius 1 is 1.40 bits per heavy atom. The molecule has 78 valence electrons. The molecule has 0 radical (unpaired) electrons. The summed E-state index contributed by atoms with van der Waals surface area (Å²) in [5, 5.41) is 15.3. The monoisotopic (exact) mass is 206 g/mol. The predicted molar refractivity (Wildman–Crippen MR) is 50.0 cm³/mol. The van der Waals surface area contributed by atoms with Crippen molar-refractivity contribution in [3.63, 3.8) is 0 Å². The standard InChI is InChI=1S/C8H10N6O/c1-13-4-3-6(10-13)7(15)5-8-9-12-14(2)11-8/h3-4H,5H2,1-2H3. The van der Waals surface area contributed by atoms with Crippen LogP contribution < -0.4 is 0 Å². The Balaban J connectivity index is 2.10. The van der Waals surface area contributed by atoms with Crippen LogP contribution in [0.5, 0.6) is 0 Å². The van der Waals surface area contributed by atoms with E-state index in [9.17, 15) is 4.79 Å². The minimum atomic E-state index is -0.108. The zero-order valence-electron chi connectivity index (χ0n) is 8.45. The van der Waals surface area contributed by atoms with Crippen LogP contribution in [0.4, 0.5) is 0 Å². The molecule has 0 atom stereocenters. The van der Waals surface area contributed by atoms with Crippen molar-refractivity contribution in [3.05, 3.63) is 23.8 Å². The van der Waals surface area contributed by atoms with E-state index in [-0.39, 0.29) is 12.2 Å². The second kappa shape index (κ2) is 3.60. The number of carbonyl (C=O) groups is 1. The van der Waals surface area contributed by atoms with E-state index < -0.39 is 0 Å². The zero-order chi connectivity index (χ0) is 10.8. The largest absolute Gasteiger partial charge is 0.292 e. The molecule has 7 heteroatoms. The molecular formula is C8H10N6O. The molecule has 2 heterocycles. The number of hydrogen-bond acceptors (Lipinski definition) is 5. The number of rotatable bonds is 3. The normalized spacial score (nSPS) is 10.5. The summed E-state index contributed by atoms with van der Waals surface area (Å²) in [6.07, 6.45) is 1.85. The number of aromatic nitrogens is 6. The van der Waals surface area contributed by atoms with Gasteiger partial charge in [-0.15, -0.1) is 10.2 Å². The lowest BCUT2D eigenvalue weighted by Gasteiger charge is -1.91. The first-order chi connectivity index (χ1) is 7.15. The van der Waals surface area contributed by atoms with Gasteiger partial charge in [-0.25, -0.2) is 0 Å². The molecule has 0 aliphatic carbocycles. The average Bonchev–Trinajstić information content (AvgIpc) is 2.75. The third-order valence-corrected chi connectivity index (χ3v) is 1.87. The molecule has 2 rings (SSSR count). The molecule has 0 unspecified atom stereocenters. The Bertz CT molecular complexity index is 485. The lowest BCUT2D eigenvalue weighted by Crippen LogP contribution is -2.07. The van der Waals surface area contributed by atoms with Crippen molar-refractivity contribution in [1.82, 2.24) is 30.0 Å². The quantitative estimate of drug-likeness (QED) is 0.625. The van der Waals surface area contributed by atoms with E-state index in [0.717, 1.165) is 0 Å². The van der Waals surface area contributed by atoms with Crippen molar-refractivity contribution >= 4 is 5.78 Å². The summed E-state index contributed by atoms with van der Waals surface area (Å²) in [5.74, 6) is 0.303. The average molecular weight is 206 g/mol. The van der Waals surface area contributed by atoms with Crippen molar-refractivity contribution in [2.75, 3.05) is 0 Å². The van der Waals surface area contributed by atoms with E-state index in [2.05, 4.69) is 20.5 Å². The number of tetrazole rings is 1. The Morgan fingerprint density at radius 2 is 2.20 bits per heavy atom. The van der Waals surface area contributed by atoms with Gasteiger partial charge in [-0.3, -0.25) is 9.48 Å². The third-order valence-electron chi connectivity index (χ3n) is 1.87. The van der Waals surface area contributed by atoms with Gasteiger partial charge < -0.3 is 0 Å². The fraction of sp³-hybridized carbons (Fsp3) is 0.375. The minimum Gasteiger partial charge on any atom is -0.292 e. The number of aryl methyl sites for hydroxylation is 2. The van der Waals surface area contributed by atoms with Crippen molar-refractivity contribution in [3.8, 4) is 0 Å². The van der Waals surface area contributed by atoms with E-state index in [1.54, 1.807) is 31.0 Å². The van der Waals surface area contributed by atoms with Crippen LogP contribution in [-0.4, -0.2) is 35.8 Å². The fourth-order valence-electron chi connectivity index (χ4n) is 1.19. The molecule has 0 aromatic carbocycles. The molecular weight excluding hydrogens is 196 g/mol. The number of ketones is 1. The maximum Gasteiger partial charge on any atom is 0.190 e. The van der Waals surface area contributed by atoms with Crippen molar-refractivity contribution < 1.29 is 4.79 Å². The van der Waals surface area contributed by atoms with Gasteiger partial charge in [0.15, 0.2) is 11.6 Å². The van der Waals surface area contributed by atoms with Gasteiger partial charge in [-0.05, 0) is 11.3 Å². The van der Waals surface area contributed by atoms with Gasteiger partial charge in [-0.2, -0.15) is 9.90 Å². The highest BCUT2D eigenvalue weighted by molar-refractivity contribution is 5.95. The number of nitrogens with zero attached hydrogens (tertiary/aromatic N) is 6. The molecule has 0 fully saturated rings. The molecule has 0 amide bonds. The predicted octanol–water partition coefficient (Wildman–Crippen LogP) is -0.631. The molecule has 0 aliphatic heterocycles. The van der Waals surface area contributed by atoms with Gasteiger partial charge in [0.2, 0.25) is 0 Å². The van der Waals surface area contributed by atoms with Gasteiger partial charge in [0.25, 0.3) is 0 Å². The lowest BCUT2D eigenvalue weighted by molar-refractivity contribution is 0.0985. The SMILES string of the molecule is Cn1ccc(C(=O)Cc2nnn(C)n2)n1. The molecule has 2 aromatic rings. The van der Waals surface area contributed by atoms with Gasteiger partial charge >= 0.3 is 0 Å². The first kappa shape index (κ1) is 9.50. The van der Waals surface area contributed by atoms with E-state index >= 15 is 0 Å². The molecule has 0 saturated heterocycles. The highest BCUT2D eigenvalue weighted by atomic mass is 16.1. The first-order valence-corrected chi connectivity index (χ1v) is 4.41. The smallest absolute Gasteiger partial charge is 0.190 e. The number of carbonyl (C=O) groups excluding carboxylic acids is 1. The lowest BCUT2D eigenvalue weighted by atomic mass is 10.2. The van der Waals surface area contributed by atoms with Crippen molar-refractivity contribution in [2.24, 2.45) is 14.1 Å². The Hall–Kier alpha value is -2.05. The van der Waals surface area contributed by atoms with E-state index in [1.165, 1.54) is 4.80 Å². The van der Waals surface area contributed by atoms with E-state index in [1.807, 2.05) is 0 Å². The van der Waals surface area contributed by atoms with Gasteiger partial charge in [0.1, 0.15) is 5.69 Å². The van der Waals surface area contributed by atoms with E-state index in [0.29, 0.717) is 11.5 Å². The number of hydrogen-bond donors (Lipinski definition) is 0. The fourth-order valence-corrected chi connectivity index (χ4v) is 1.19. The van der Waals surface area contributed by atoms with Crippen LogP contribution in [0.2, 0.25) is 0 Å². The maximum atomic E-state index is 11.6. The summed E-state index contributed by atoms with van der Waals surface area (Å²) >= 11 is 0. The zero-order valence-corrected chi connectivity index (χ0v) is 8.45. The molecule has 0 aliphatic rings. The van der Waals surface area contributed by atoms with Crippen molar-refractivity contribution in [2.45, 2.75) is 6.42 Å².